The van der Waals surface area contributed by atoms with Crippen molar-refractivity contribution in [2.45, 2.75) is 64.7 Å². The molecule has 4 rings (SSSR count). The summed E-state index contributed by atoms with van der Waals surface area (Å²) < 4.78 is 2.06. The Labute approximate surface area is 220 Å². The van der Waals surface area contributed by atoms with Gasteiger partial charge < -0.3 is 19.7 Å². The first-order valence-electron chi connectivity index (χ1n) is 12.9. The Morgan fingerprint density at radius 2 is 1.81 bits per heavy atom. The Balaban J connectivity index is 1.47. The molecule has 1 aromatic heterocycles. The van der Waals surface area contributed by atoms with E-state index in [-0.39, 0.29) is 5.91 Å². The molecule has 3 aromatic rings. The molecule has 0 atom stereocenters. The summed E-state index contributed by atoms with van der Waals surface area (Å²) in [5.41, 5.74) is 3.85. The second-order valence-electron chi connectivity index (χ2n) is 9.95. The highest BCUT2D eigenvalue weighted by molar-refractivity contribution is 6.31. The van der Waals surface area contributed by atoms with Gasteiger partial charge in [-0.05, 0) is 76.9 Å². The molecule has 1 N–H and O–H groups in total. The third-order valence-corrected chi connectivity index (χ3v) is 7.70. The highest BCUT2D eigenvalue weighted by atomic mass is 35.5. The lowest BCUT2D eigenvalue weighted by molar-refractivity contribution is 0.0949. The number of nitrogens with zero attached hydrogens (tertiary/aromatic N) is 4. The van der Waals surface area contributed by atoms with E-state index in [0.717, 1.165) is 36.5 Å². The Morgan fingerprint density at radius 1 is 1.11 bits per heavy atom. The van der Waals surface area contributed by atoms with E-state index in [9.17, 15) is 4.79 Å². The van der Waals surface area contributed by atoms with Gasteiger partial charge in [0.1, 0.15) is 5.82 Å². The summed E-state index contributed by atoms with van der Waals surface area (Å²) in [4.78, 5) is 22.6. The molecule has 2 aromatic carbocycles. The molecule has 0 spiro atoms. The summed E-state index contributed by atoms with van der Waals surface area (Å²) in [5, 5.41) is 3.66. The highest BCUT2D eigenvalue weighted by Crippen LogP contribution is 2.34. The SMILES string of the molecule is CCN(c1cc(Cl)cc(C(=O)NCc2nccn2Cc2ccccc2)c1C)C1CCC(N(C)C)CC1. The molecule has 1 saturated carbocycles. The Kier molecular flexibility index (Phi) is 8.70. The first-order valence-corrected chi connectivity index (χ1v) is 13.3. The molecule has 192 valence electrons. The lowest BCUT2D eigenvalue weighted by Gasteiger charge is -2.40. The number of carbonyl (C=O) groups is 1. The summed E-state index contributed by atoms with van der Waals surface area (Å²) in [6.07, 6.45) is 8.40. The molecule has 6 nitrogen and oxygen atoms in total. The van der Waals surface area contributed by atoms with Gasteiger partial charge in [-0.1, -0.05) is 41.9 Å². The van der Waals surface area contributed by atoms with E-state index in [0.29, 0.717) is 35.8 Å². The molecule has 1 amide bonds. The Bertz CT molecular complexity index is 1150. The largest absolute Gasteiger partial charge is 0.369 e. The van der Waals surface area contributed by atoms with Crippen LogP contribution >= 0.6 is 11.6 Å². The normalized spacial score (nSPS) is 17.8. The van der Waals surface area contributed by atoms with Crippen LogP contribution in [0, 0.1) is 6.92 Å². The average Bonchev–Trinajstić information content (AvgIpc) is 3.32. The molecule has 36 heavy (non-hydrogen) atoms. The van der Waals surface area contributed by atoms with Crippen molar-refractivity contribution in [2.24, 2.45) is 0 Å². The molecule has 1 aliphatic carbocycles. The van der Waals surface area contributed by atoms with Crippen LogP contribution in [0.1, 0.15) is 59.9 Å². The maximum Gasteiger partial charge on any atom is 0.252 e. The van der Waals surface area contributed by atoms with Gasteiger partial charge in [-0.3, -0.25) is 4.79 Å². The van der Waals surface area contributed by atoms with Crippen molar-refractivity contribution in [2.75, 3.05) is 25.5 Å². The molecule has 7 heteroatoms. The van der Waals surface area contributed by atoms with Crippen LogP contribution in [0.3, 0.4) is 0 Å². The number of amides is 1. The first-order chi connectivity index (χ1) is 17.4. The number of imidazole rings is 1. The van der Waals surface area contributed by atoms with Crippen molar-refractivity contribution in [1.29, 1.82) is 0 Å². The number of nitrogens with one attached hydrogen (secondary N) is 1. The Morgan fingerprint density at radius 3 is 2.47 bits per heavy atom. The number of anilines is 1. The lowest BCUT2D eigenvalue weighted by atomic mass is 9.89. The van der Waals surface area contributed by atoms with Crippen LogP contribution in [0.5, 0.6) is 0 Å². The molecule has 1 fully saturated rings. The number of carbonyl (C=O) groups excluding carboxylic acids is 1. The molecule has 1 aliphatic rings. The third kappa shape index (κ3) is 6.11. The molecular weight excluding hydrogens is 470 g/mol. The smallest absolute Gasteiger partial charge is 0.252 e. The van der Waals surface area contributed by atoms with E-state index in [1.807, 2.05) is 37.4 Å². The van der Waals surface area contributed by atoms with Crippen LogP contribution in [0.25, 0.3) is 0 Å². The van der Waals surface area contributed by atoms with E-state index in [2.05, 4.69) is 57.8 Å². The maximum absolute atomic E-state index is 13.3. The van der Waals surface area contributed by atoms with Crippen molar-refractivity contribution >= 4 is 23.2 Å². The summed E-state index contributed by atoms with van der Waals surface area (Å²) in [6, 6.07) is 15.2. The summed E-state index contributed by atoms with van der Waals surface area (Å²) in [6.45, 7) is 6.17. The van der Waals surface area contributed by atoms with Crippen molar-refractivity contribution in [3.63, 3.8) is 0 Å². The number of halogens is 1. The van der Waals surface area contributed by atoms with Gasteiger partial charge in [-0.15, -0.1) is 0 Å². The Hall–Kier alpha value is -2.83. The highest BCUT2D eigenvalue weighted by Gasteiger charge is 2.28. The fourth-order valence-corrected chi connectivity index (χ4v) is 5.61. The predicted octanol–water partition coefficient (Wildman–Crippen LogP) is 5.52. The first kappa shape index (κ1) is 26.2. The van der Waals surface area contributed by atoms with Gasteiger partial charge in [0, 0.05) is 53.8 Å². The van der Waals surface area contributed by atoms with Crippen molar-refractivity contribution in [3.05, 3.63) is 82.4 Å². The zero-order chi connectivity index (χ0) is 25.7. The van der Waals surface area contributed by atoms with Gasteiger partial charge in [-0.25, -0.2) is 4.98 Å². The summed E-state index contributed by atoms with van der Waals surface area (Å²) in [5.74, 6) is 0.692. The van der Waals surface area contributed by atoms with E-state index in [1.165, 1.54) is 18.4 Å². The summed E-state index contributed by atoms with van der Waals surface area (Å²) in [7, 11) is 4.34. The van der Waals surface area contributed by atoms with Gasteiger partial charge in [0.25, 0.3) is 5.91 Å². The van der Waals surface area contributed by atoms with Crippen LogP contribution in [0.2, 0.25) is 5.02 Å². The van der Waals surface area contributed by atoms with Crippen LogP contribution in [-0.4, -0.2) is 53.1 Å². The zero-order valence-electron chi connectivity index (χ0n) is 21.9. The van der Waals surface area contributed by atoms with E-state index >= 15 is 0 Å². The van der Waals surface area contributed by atoms with Crippen LogP contribution in [-0.2, 0) is 13.1 Å². The number of aromatic nitrogens is 2. The fourth-order valence-electron chi connectivity index (χ4n) is 5.40. The second-order valence-corrected chi connectivity index (χ2v) is 10.4. The number of hydrogen-bond donors (Lipinski definition) is 1. The third-order valence-electron chi connectivity index (χ3n) is 7.48. The topological polar surface area (TPSA) is 53.4 Å². The van der Waals surface area contributed by atoms with E-state index < -0.39 is 0 Å². The van der Waals surface area contributed by atoms with E-state index in [4.69, 9.17) is 11.6 Å². The van der Waals surface area contributed by atoms with Crippen molar-refractivity contribution < 1.29 is 4.79 Å². The summed E-state index contributed by atoms with van der Waals surface area (Å²) >= 11 is 6.56. The van der Waals surface area contributed by atoms with Gasteiger partial charge >= 0.3 is 0 Å². The van der Waals surface area contributed by atoms with Crippen LogP contribution in [0.4, 0.5) is 5.69 Å². The number of rotatable bonds is 9. The van der Waals surface area contributed by atoms with Crippen molar-refractivity contribution in [1.82, 2.24) is 19.8 Å². The molecule has 0 aliphatic heterocycles. The molecular formula is C29H38ClN5O. The van der Waals surface area contributed by atoms with E-state index in [1.54, 1.807) is 12.3 Å². The van der Waals surface area contributed by atoms with Crippen molar-refractivity contribution in [3.8, 4) is 0 Å². The minimum atomic E-state index is -0.127. The fraction of sp³-hybridized carbons (Fsp3) is 0.448. The lowest BCUT2D eigenvalue weighted by Crippen LogP contribution is -2.42. The standard InChI is InChI=1S/C29H38ClN5O/c1-5-35(25-13-11-24(12-14-25)33(3)4)27-18-23(30)17-26(21(27)2)29(36)32-19-28-31-15-16-34(28)20-22-9-7-6-8-10-22/h6-10,15-18,24-25H,5,11-14,19-20H2,1-4H3,(H,32,36). The van der Waals surface area contributed by atoms with Crippen LogP contribution < -0.4 is 10.2 Å². The van der Waals surface area contributed by atoms with Gasteiger partial charge in [0.15, 0.2) is 0 Å². The zero-order valence-corrected chi connectivity index (χ0v) is 22.6. The predicted molar refractivity (Wildman–Crippen MR) is 148 cm³/mol. The molecule has 0 saturated heterocycles. The van der Waals surface area contributed by atoms with Gasteiger partial charge in [0.2, 0.25) is 0 Å². The minimum absolute atomic E-state index is 0.127. The maximum atomic E-state index is 13.3. The van der Waals surface area contributed by atoms with Gasteiger partial charge in [0.05, 0.1) is 6.54 Å². The number of hydrogen-bond acceptors (Lipinski definition) is 4. The monoisotopic (exact) mass is 507 g/mol. The molecule has 1 heterocycles. The average molecular weight is 508 g/mol. The van der Waals surface area contributed by atoms with Crippen LogP contribution in [0.15, 0.2) is 54.9 Å². The minimum Gasteiger partial charge on any atom is -0.369 e. The molecule has 0 radical (unpaired) electrons. The number of benzene rings is 2. The molecule has 0 bridgehead atoms. The molecule has 0 unspecified atom stereocenters. The second kappa shape index (κ2) is 11.9. The quantitative estimate of drug-likeness (QED) is 0.414. The van der Waals surface area contributed by atoms with Gasteiger partial charge in [-0.2, -0.15) is 0 Å².